The number of ether oxygens (including phenoxy) is 2. The van der Waals surface area contributed by atoms with Crippen molar-refractivity contribution in [2.75, 3.05) is 19.8 Å². The number of aryl methyl sites for hydroxylation is 1. The fraction of sp³-hybridized carbons (Fsp3) is 0.346. The highest BCUT2D eigenvalue weighted by atomic mass is 35.5. The maximum absolute atomic E-state index is 12.6. The largest absolute Gasteiger partial charge is 0.493 e. The molecule has 0 spiro atoms. The van der Waals surface area contributed by atoms with Crippen molar-refractivity contribution in [2.24, 2.45) is 4.99 Å². The fourth-order valence-electron chi connectivity index (χ4n) is 4.07. The first-order chi connectivity index (χ1) is 17.4. The molecule has 1 amide bonds. The molecule has 0 unspecified atom stereocenters. The molecule has 4 rings (SSSR count). The van der Waals surface area contributed by atoms with Crippen LogP contribution in [-0.2, 0) is 14.3 Å². The van der Waals surface area contributed by atoms with E-state index in [9.17, 15) is 9.59 Å². The third-order valence-electron chi connectivity index (χ3n) is 5.65. The second kappa shape index (κ2) is 11.3. The smallest absolute Gasteiger partial charge is 0.309 e. The number of nitrogens with zero attached hydrogens (tertiary/aromatic N) is 4. The summed E-state index contributed by atoms with van der Waals surface area (Å²) in [6, 6.07) is 12.5. The minimum absolute atomic E-state index is 0.122. The topological polar surface area (TPSA) is 108 Å². The molecule has 0 bridgehead atoms. The number of benzene rings is 2. The molecule has 2 aromatic carbocycles. The van der Waals surface area contributed by atoms with Gasteiger partial charge in [0.2, 0.25) is 5.91 Å². The van der Waals surface area contributed by atoms with Gasteiger partial charge in [0, 0.05) is 22.7 Å². The molecule has 1 N–H and O–H groups in total. The van der Waals surface area contributed by atoms with Crippen LogP contribution in [0.1, 0.15) is 55.5 Å². The first kappa shape index (κ1) is 25.4. The van der Waals surface area contributed by atoms with E-state index in [0.29, 0.717) is 41.3 Å². The van der Waals surface area contributed by atoms with E-state index in [2.05, 4.69) is 15.5 Å². The highest BCUT2D eigenvalue weighted by molar-refractivity contribution is 6.30. The number of esters is 1. The van der Waals surface area contributed by atoms with Gasteiger partial charge in [0.25, 0.3) is 0 Å². The first-order valence-electron chi connectivity index (χ1n) is 11.9. The van der Waals surface area contributed by atoms with Crippen molar-refractivity contribution in [1.82, 2.24) is 20.1 Å². The molecule has 9 nitrogen and oxygen atoms in total. The predicted octanol–water partition coefficient (Wildman–Crippen LogP) is 3.98. The van der Waals surface area contributed by atoms with E-state index < -0.39 is 6.04 Å². The summed E-state index contributed by atoms with van der Waals surface area (Å²) in [6.07, 6.45) is 0.270. The minimum Gasteiger partial charge on any atom is -0.493 e. The highest BCUT2D eigenvalue weighted by Gasteiger charge is 2.30. The summed E-state index contributed by atoms with van der Waals surface area (Å²) >= 11 is 6.15. The van der Waals surface area contributed by atoms with Gasteiger partial charge in [0.15, 0.2) is 5.82 Å². The zero-order valence-electron chi connectivity index (χ0n) is 20.5. The van der Waals surface area contributed by atoms with Gasteiger partial charge in [0.05, 0.1) is 37.5 Å². The van der Waals surface area contributed by atoms with Crippen LogP contribution in [0, 0.1) is 6.92 Å². The molecular formula is C26H28ClN5O4. The Kier molecular flexibility index (Phi) is 8.00. The van der Waals surface area contributed by atoms with Gasteiger partial charge in [-0.3, -0.25) is 19.1 Å². The van der Waals surface area contributed by atoms with Gasteiger partial charge in [-0.1, -0.05) is 23.7 Å². The van der Waals surface area contributed by atoms with Gasteiger partial charge < -0.3 is 14.8 Å². The Hall–Kier alpha value is -3.72. The van der Waals surface area contributed by atoms with Crippen LogP contribution in [0.5, 0.6) is 5.75 Å². The summed E-state index contributed by atoms with van der Waals surface area (Å²) in [4.78, 5) is 29.3. The molecule has 0 saturated heterocycles. The van der Waals surface area contributed by atoms with Gasteiger partial charge >= 0.3 is 5.97 Å². The average Bonchev–Trinajstić information content (AvgIpc) is 3.17. The molecule has 3 aromatic rings. The summed E-state index contributed by atoms with van der Waals surface area (Å²) in [6.45, 7) is 6.54. The fourth-order valence-corrected chi connectivity index (χ4v) is 4.20. The number of halogens is 1. The normalized spacial score (nSPS) is 14.2. The molecule has 1 atom stereocenters. The number of carbonyl (C=O) groups is 2. The van der Waals surface area contributed by atoms with Crippen molar-refractivity contribution in [2.45, 2.75) is 39.7 Å². The van der Waals surface area contributed by atoms with Crippen molar-refractivity contribution >= 4 is 29.2 Å². The van der Waals surface area contributed by atoms with Crippen LogP contribution < -0.4 is 10.1 Å². The monoisotopic (exact) mass is 509 g/mol. The lowest BCUT2D eigenvalue weighted by atomic mass is 10.00. The number of hydrogen-bond acceptors (Lipinski definition) is 7. The van der Waals surface area contributed by atoms with E-state index in [0.717, 1.165) is 16.8 Å². The molecule has 0 radical (unpaired) electrons. The molecule has 1 aromatic heterocycles. The number of fused-ring (bicyclic) bond motifs is 3. The Morgan fingerprint density at radius 3 is 2.61 bits per heavy atom. The van der Waals surface area contributed by atoms with Gasteiger partial charge in [-0.05, 0) is 51.1 Å². The number of aromatic nitrogens is 3. The van der Waals surface area contributed by atoms with Crippen LogP contribution >= 0.6 is 11.6 Å². The van der Waals surface area contributed by atoms with Crippen molar-refractivity contribution < 1.29 is 19.1 Å². The molecule has 1 aliphatic rings. The predicted molar refractivity (Wildman–Crippen MR) is 136 cm³/mol. The van der Waals surface area contributed by atoms with Crippen LogP contribution in [0.25, 0.3) is 5.69 Å². The van der Waals surface area contributed by atoms with E-state index >= 15 is 0 Å². The van der Waals surface area contributed by atoms with Crippen molar-refractivity contribution in [3.63, 3.8) is 0 Å². The summed E-state index contributed by atoms with van der Waals surface area (Å²) in [5.41, 5.74) is 3.11. The van der Waals surface area contributed by atoms with E-state index in [1.54, 1.807) is 19.1 Å². The number of hydrogen-bond donors (Lipinski definition) is 1. The molecular weight excluding hydrogens is 482 g/mol. The lowest BCUT2D eigenvalue weighted by Gasteiger charge is -2.15. The van der Waals surface area contributed by atoms with Gasteiger partial charge in [-0.25, -0.2) is 0 Å². The Morgan fingerprint density at radius 2 is 1.89 bits per heavy atom. The first-order valence-corrected chi connectivity index (χ1v) is 12.2. The van der Waals surface area contributed by atoms with E-state index in [4.69, 9.17) is 26.1 Å². The second-order valence-electron chi connectivity index (χ2n) is 8.18. The van der Waals surface area contributed by atoms with Crippen molar-refractivity contribution in [1.29, 1.82) is 0 Å². The van der Waals surface area contributed by atoms with Crippen LogP contribution in [0.4, 0.5) is 0 Å². The number of rotatable bonds is 9. The van der Waals surface area contributed by atoms with Crippen LogP contribution in [0.2, 0.25) is 5.02 Å². The quantitative estimate of drug-likeness (QED) is 0.437. The summed E-state index contributed by atoms with van der Waals surface area (Å²) < 4.78 is 12.8. The van der Waals surface area contributed by atoms with Crippen LogP contribution in [0.15, 0.2) is 47.5 Å². The average molecular weight is 510 g/mol. The maximum Gasteiger partial charge on any atom is 0.309 e. The lowest BCUT2D eigenvalue weighted by Crippen LogP contribution is -2.25. The van der Waals surface area contributed by atoms with Gasteiger partial charge in [-0.15, -0.1) is 10.2 Å². The maximum atomic E-state index is 12.6. The summed E-state index contributed by atoms with van der Waals surface area (Å²) in [7, 11) is 0. The Bertz CT molecular complexity index is 1290. The Labute approximate surface area is 214 Å². The Balaban J connectivity index is 1.79. The molecule has 0 fully saturated rings. The van der Waals surface area contributed by atoms with Crippen LogP contribution in [-0.4, -0.2) is 52.1 Å². The number of nitrogens with one attached hydrogen (secondary N) is 1. The van der Waals surface area contributed by atoms with E-state index in [-0.39, 0.29) is 31.3 Å². The molecule has 0 saturated carbocycles. The molecule has 10 heteroatoms. The number of amides is 1. The molecule has 188 valence electrons. The number of carbonyl (C=O) groups excluding carboxylic acids is 2. The zero-order valence-corrected chi connectivity index (χ0v) is 21.2. The van der Waals surface area contributed by atoms with Gasteiger partial charge in [-0.2, -0.15) is 0 Å². The standard InChI is InChI=1S/C26H28ClN5O4/c1-4-28-23(33)15-21-26-31-30-16(3)32(26)22-11-10-19(36-13-12-24(34)35-5-2)14-20(22)25(29-21)17-6-8-18(27)9-7-17/h6-11,14,21H,4-5,12-13,15H2,1-3H3,(H,28,33)/t21-/m0/s1. The van der Waals surface area contributed by atoms with Crippen LogP contribution in [0.3, 0.4) is 0 Å². The van der Waals surface area contributed by atoms with Gasteiger partial charge in [0.1, 0.15) is 17.6 Å². The summed E-state index contributed by atoms with van der Waals surface area (Å²) in [5, 5.41) is 12.1. The second-order valence-corrected chi connectivity index (χ2v) is 8.62. The van der Waals surface area contributed by atoms with Crippen molar-refractivity contribution in [3.8, 4) is 11.4 Å². The summed E-state index contributed by atoms with van der Waals surface area (Å²) in [5.74, 6) is 1.40. The highest BCUT2D eigenvalue weighted by Crippen LogP contribution is 2.34. The molecule has 1 aliphatic heterocycles. The molecule has 0 aliphatic carbocycles. The third kappa shape index (κ3) is 5.57. The zero-order chi connectivity index (χ0) is 25.7. The SMILES string of the molecule is CCNC(=O)C[C@@H]1N=C(c2ccc(Cl)cc2)c2cc(OCCC(=O)OCC)ccc2-n2c(C)nnc21. The Morgan fingerprint density at radius 1 is 1.11 bits per heavy atom. The van der Waals surface area contributed by atoms with E-state index in [1.807, 2.05) is 48.7 Å². The van der Waals surface area contributed by atoms with E-state index in [1.165, 1.54) is 0 Å². The molecule has 36 heavy (non-hydrogen) atoms. The number of aliphatic imine (C=N–C) groups is 1. The lowest BCUT2D eigenvalue weighted by molar-refractivity contribution is -0.143. The molecule has 2 heterocycles. The van der Waals surface area contributed by atoms with Crippen molar-refractivity contribution in [3.05, 3.63) is 70.3 Å². The third-order valence-corrected chi connectivity index (χ3v) is 5.90. The minimum atomic E-state index is -0.552.